The number of likely N-dealkylation sites (tertiary alicyclic amines) is 1. The van der Waals surface area contributed by atoms with E-state index in [1.807, 2.05) is 30.3 Å². The Morgan fingerprint density at radius 3 is 2.32 bits per heavy atom. The van der Waals surface area contributed by atoms with Gasteiger partial charge in [-0.3, -0.25) is 25.1 Å². The smallest absolute Gasteiger partial charge is 0.413 e. The van der Waals surface area contributed by atoms with Crippen LogP contribution in [0.15, 0.2) is 66.0 Å². The summed E-state index contributed by atoms with van der Waals surface area (Å²) in [6.07, 6.45) is 1.44. The topological polar surface area (TPSA) is 159 Å². The van der Waals surface area contributed by atoms with Gasteiger partial charge in [0, 0.05) is 34.3 Å². The third kappa shape index (κ3) is 9.87. The number of nitrogens with zero attached hydrogens (tertiary/aromatic N) is 1. The van der Waals surface area contributed by atoms with Crippen LogP contribution in [0.3, 0.4) is 0 Å². The summed E-state index contributed by atoms with van der Waals surface area (Å²) in [6, 6.07) is 16.8. The number of amidine groups is 1. The highest BCUT2D eigenvalue weighted by Crippen LogP contribution is 2.30. The second kappa shape index (κ2) is 14.8. The predicted octanol–water partition coefficient (Wildman–Crippen LogP) is 4.59. The summed E-state index contributed by atoms with van der Waals surface area (Å²) < 4.78 is 17.0. The SMILES string of the molecule is CC(C)(C)OC(=O)NC(=N)c1csc(CNC(=O)[C@@H]2C[C@@H](OC3CC3)CN2C(=O)CNC(=O)c2ccc(Oc3ccccc3)cc2)c1. The van der Waals surface area contributed by atoms with Crippen LogP contribution in [0.5, 0.6) is 11.5 Å². The first-order chi connectivity index (χ1) is 22.4. The van der Waals surface area contributed by atoms with Crippen LogP contribution < -0.4 is 20.7 Å². The van der Waals surface area contributed by atoms with Gasteiger partial charge in [-0.1, -0.05) is 18.2 Å². The van der Waals surface area contributed by atoms with Gasteiger partial charge in [-0.05, 0) is 76.1 Å². The predicted molar refractivity (Wildman–Crippen MR) is 176 cm³/mol. The Morgan fingerprint density at radius 2 is 1.64 bits per heavy atom. The first-order valence-electron chi connectivity index (χ1n) is 15.4. The van der Waals surface area contributed by atoms with Crippen LogP contribution in [0.25, 0.3) is 0 Å². The molecule has 1 saturated carbocycles. The number of hydrogen-bond acceptors (Lipinski definition) is 9. The summed E-state index contributed by atoms with van der Waals surface area (Å²) in [6.45, 7) is 5.37. The molecule has 0 unspecified atom stereocenters. The molecular weight excluding hydrogens is 622 g/mol. The lowest BCUT2D eigenvalue weighted by molar-refractivity contribution is -0.137. The Morgan fingerprint density at radius 1 is 0.936 bits per heavy atom. The summed E-state index contributed by atoms with van der Waals surface area (Å²) >= 11 is 1.33. The Kier molecular flexibility index (Phi) is 10.6. The molecule has 2 aliphatic rings. The largest absolute Gasteiger partial charge is 0.457 e. The zero-order valence-electron chi connectivity index (χ0n) is 26.5. The molecule has 0 bridgehead atoms. The van der Waals surface area contributed by atoms with Crippen molar-refractivity contribution in [3.63, 3.8) is 0 Å². The van der Waals surface area contributed by atoms with Crippen LogP contribution in [0.2, 0.25) is 0 Å². The molecule has 1 aliphatic heterocycles. The fraction of sp³-hybridized carbons (Fsp3) is 0.382. The van der Waals surface area contributed by atoms with Crippen LogP contribution in [0.4, 0.5) is 4.79 Å². The number of alkyl carbamates (subject to hydrolysis) is 1. The van der Waals surface area contributed by atoms with Crippen LogP contribution in [-0.2, 0) is 25.6 Å². The highest BCUT2D eigenvalue weighted by molar-refractivity contribution is 7.10. The van der Waals surface area contributed by atoms with Crippen molar-refractivity contribution in [2.75, 3.05) is 13.1 Å². The van der Waals surface area contributed by atoms with E-state index in [1.54, 1.807) is 56.5 Å². The van der Waals surface area contributed by atoms with Crippen LogP contribution in [0.1, 0.15) is 60.8 Å². The van der Waals surface area contributed by atoms with Gasteiger partial charge in [0.25, 0.3) is 5.91 Å². The summed E-state index contributed by atoms with van der Waals surface area (Å²) in [4.78, 5) is 53.7. The monoisotopic (exact) mass is 661 g/mol. The van der Waals surface area contributed by atoms with Crippen LogP contribution >= 0.6 is 11.3 Å². The molecule has 3 aromatic rings. The van der Waals surface area contributed by atoms with Crippen LogP contribution in [0, 0.1) is 5.41 Å². The van der Waals surface area contributed by atoms with Crippen molar-refractivity contribution in [1.82, 2.24) is 20.9 Å². The van der Waals surface area contributed by atoms with Gasteiger partial charge in [0.15, 0.2) is 0 Å². The summed E-state index contributed by atoms with van der Waals surface area (Å²) in [5, 5.41) is 17.9. The summed E-state index contributed by atoms with van der Waals surface area (Å²) in [7, 11) is 0. The molecular formula is C34H39N5O7S. The van der Waals surface area contributed by atoms with Crippen molar-refractivity contribution in [2.45, 2.75) is 70.4 Å². The zero-order valence-corrected chi connectivity index (χ0v) is 27.4. The maximum atomic E-state index is 13.4. The van der Waals surface area contributed by atoms with E-state index in [1.165, 1.54) is 16.2 Å². The molecule has 5 rings (SSSR count). The lowest BCUT2D eigenvalue weighted by atomic mass is 10.1. The van der Waals surface area contributed by atoms with Crippen molar-refractivity contribution in [3.8, 4) is 11.5 Å². The lowest BCUT2D eigenvalue weighted by Crippen LogP contribution is -2.48. The Bertz CT molecular complexity index is 1600. The number of nitrogens with one attached hydrogen (secondary N) is 4. The van der Waals surface area contributed by atoms with E-state index in [0.717, 1.165) is 17.7 Å². The van der Waals surface area contributed by atoms with Crippen molar-refractivity contribution in [2.24, 2.45) is 0 Å². The standard InChI is InChI=1S/C34H39N5O7S/c1-34(2,3)46-33(43)38-30(35)22-15-27(47-20-22)17-36-32(42)28-16-26(45-25-13-14-25)19-39(28)29(40)18-37-31(41)21-9-11-24(12-10-21)44-23-7-5-4-6-8-23/h4-12,15,20,25-26,28H,13-14,16-19H2,1-3H3,(H,36,42)(H,37,41)(H2,35,38,43)/t26-,28+/m1/s1. The van der Waals surface area contributed by atoms with Gasteiger partial charge in [0.1, 0.15) is 29.0 Å². The molecule has 248 valence electrons. The molecule has 12 nitrogen and oxygen atoms in total. The molecule has 2 fully saturated rings. The molecule has 4 N–H and O–H groups in total. The van der Waals surface area contributed by atoms with Crippen molar-refractivity contribution in [3.05, 3.63) is 82.0 Å². The molecule has 2 aromatic carbocycles. The number of benzene rings is 2. The van der Waals surface area contributed by atoms with Gasteiger partial charge in [0.05, 0.1) is 25.3 Å². The van der Waals surface area contributed by atoms with Gasteiger partial charge in [0.2, 0.25) is 11.8 Å². The minimum absolute atomic E-state index is 0.112. The molecule has 2 atom stereocenters. The highest BCUT2D eigenvalue weighted by atomic mass is 32.1. The number of ether oxygens (including phenoxy) is 3. The number of thiophene rings is 1. The number of amides is 4. The number of carbonyl (C=O) groups is 4. The second-order valence-corrected chi connectivity index (χ2v) is 13.4. The Hall–Kier alpha value is -4.75. The van der Waals surface area contributed by atoms with E-state index in [2.05, 4.69) is 16.0 Å². The van der Waals surface area contributed by atoms with Gasteiger partial charge >= 0.3 is 6.09 Å². The van der Waals surface area contributed by atoms with Gasteiger partial charge < -0.3 is 29.7 Å². The van der Waals surface area contributed by atoms with E-state index in [0.29, 0.717) is 29.0 Å². The first-order valence-corrected chi connectivity index (χ1v) is 16.3. The van der Waals surface area contributed by atoms with Crippen LogP contribution in [-0.4, -0.2) is 71.5 Å². The molecule has 4 amide bonds. The highest BCUT2D eigenvalue weighted by Gasteiger charge is 2.42. The molecule has 47 heavy (non-hydrogen) atoms. The quantitative estimate of drug-likeness (QED) is 0.173. The number of hydrogen-bond donors (Lipinski definition) is 4. The minimum Gasteiger partial charge on any atom is -0.457 e. The van der Waals surface area contributed by atoms with Crippen molar-refractivity contribution in [1.29, 1.82) is 5.41 Å². The fourth-order valence-electron chi connectivity index (χ4n) is 4.93. The maximum absolute atomic E-state index is 13.4. The molecule has 1 aromatic heterocycles. The van der Waals surface area contributed by atoms with Crippen molar-refractivity contribution < 1.29 is 33.4 Å². The average molecular weight is 662 g/mol. The number of rotatable bonds is 11. The van der Waals surface area contributed by atoms with E-state index in [4.69, 9.17) is 19.6 Å². The Labute approximate surface area is 277 Å². The molecule has 1 aliphatic carbocycles. The summed E-state index contributed by atoms with van der Waals surface area (Å²) in [5.74, 6) is -0.000295. The maximum Gasteiger partial charge on any atom is 0.413 e. The third-order valence-corrected chi connectivity index (χ3v) is 8.23. The van der Waals surface area contributed by atoms with Gasteiger partial charge in [-0.15, -0.1) is 11.3 Å². The normalized spacial score (nSPS) is 17.5. The first kappa shape index (κ1) is 33.6. The van der Waals surface area contributed by atoms with E-state index < -0.39 is 23.6 Å². The fourth-order valence-corrected chi connectivity index (χ4v) is 5.74. The zero-order chi connectivity index (χ0) is 33.6. The van der Waals surface area contributed by atoms with E-state index in [9.17, 15) is 19.2 Å². The average Bonchev–Trinajstić information content (AvgIpc) is 3.53. The molecule has 13 heteroatoms. The minimum atomic E-state index is -0.760. The number of carbonyl (C=O) groups excluding carboxylic acids is 4. The summed E-state index contributed by atoms with van der Waals surface area (Å²) in [5.41, 5.74) is 0.159. The molecule has 1 saturated heterocycles. The van der Waals surface area contributed by atoms with Crippen molar-refractivity contribution >= 4 is 41.0 Å². The van der Waals surface area contributed by atoms with Gasteiger partial charge in [-0.25, -0.2) is 4.79 Å². The third-order valence-electron chi connectivity index (χ3n) is 7.30. The van der Waals surface area contributed by atoms with E-state index >= 15 is 0 Å². The van der Waals surface area contributed by atoms with Gasteiger partial charge in [-0.2, -0.15) is 0 Å². The Balaban J connectivity index is 1.13. The molecule has 2 heterocycles. The number of para-hydroxylation sites is 1. The second-order valence-electron chi connectivity index (χ2n) is 12.4. The van der Waals surface area contributed by atoms with E-state index in [-0.39, 0.29) is 49.5 Å². The lowest BCUT2D eigenvalue weighted by Gasteiger charge is -2.24. The molecule has 0 spiro atoms. The molecule has 0 radical (unpaired) electrons.